The smallest absolute Gasteiger partial charge is 0.330 e. The number of carbonyl (C=O) groups excluding carboxylic acids is 1. The average molecular weight is 336 g/mol. The summed E-state index contributed by atoms with van der Waals surface area (Å²) in [7, 11) is 0. The van der Waals surface area contributed by atoms with Gasteiger partial charge in [-0.2, -0.15) is 0 Å². The molecule has 3 N–H and O–H groups in total. The Labute approximate surface area is 131 Å². The number of hydrogen-bond acceptors (Lipinski definition) is 7. The van der Waals surface area contributed by atoms with Crippen LogP contribution in [0.25, 0.3) is 0 Å². The van der Waals surface area contributed by atoms with Gasteiger partial charge < -0.3 is 19.9 Å². The molecule has 1 fully saturated rings. The van der Waals surface area contributed by atoms with Gasteiger partial charge >= 0.3 is 11.7 Å². The van der Waals surface area contributed by atoms with Crippen molar-refractivity contribution >= 4 is 18.4 Å². The molecule has 0 bridgehead atoms. The normalized spacial score (nSPS) is 22.0. The maximum Gasteiger partial charge on any atom is 0.330 e. The van der Waals surface area contributed by atoms with Crippen molar-refractivity contribution in [3.63, 3.8) is 0 Å². The van der Waals surface area contributed by atoms with Crippen molar-refractivity contribution in [1.29, 1.82) is 0 Å². The molecule has 0 saturated carbocycles. The molecular weight excluding hydrogens is 318 g/mol. The van der Waals surface area contributed by atoms with Gasteiger partial charge in [-0.3, -0.25) is 19.1 Å². The minimum absolute atomic E-state index is 0. The Morgan fingerprint density at radius 3 is 2.91 bits per heavy atom. The summed E-state index contributed by atoms with van der Waals surface area (Å²) in [4.78, 5) is 36.4. The molecule has 0 aromatic carbocycles. The highest BCUT2D eigenvalue weighted by Gasteiger charge is 2.29. The highest BCUT2D eigenvalue weighted by Crippen LogP contribution is 2.19. The van der Waals surface area contributed by atoms with E-state index < -0.39 is 35.8 Å². The molecule has 2 rings (SSSR count). The van der Waals surface area contributed by atoms with Crippen LogP contribution in [0, 0.1) is 6.92 Å². The second kappa shape index (κ2) is 7.54. The number of ether oxygens (including phenoxy) is 3. The van der Waals surface area contributed by atoms with Crippen LogP contribution in [0.15, 0.2) is 15.8 Å². The zero-order valence-corrected chi connectivity index (χ0v) is 12.9. The molecule has 22 heavy (non-hydrogen) atoms. The quantitative estimate of drug-likeness (QED) is 0.678. The summed E-state index contributed by atoms with van der Waals surface area (Å²) < 4.78 is 16.8. The monoisotopic (exact) mass is 335 g/mol. The average Bonchev–Trinajstić information content (AvgIpc) is 2.88. The van der Waals surface area contributed by atoms with Gasteiger partial charge in [-0.25, -0.2) is 4.79 Å². The topological polar surface area (TPSA) is 126 Å². The van der Waals surface area contributed by atoms with Crippen molar-refractivity contribution in [2.24, 2.45) is 5.73 Å². The molecule has 0 radical (unpaired) electrons. The zero-order chi connectivity index (χ0) is 15.6. The zero-order valence-electron chi connectivity index (χ0n) is 12.1. The van der Waals surface area contributed by atoms with E-state index in [1.165, 1.54) is 17.7 Å². The molecule has 0 aliphatic carbocycles. The van der Waals surface area contributed by atoms with E-state index in [2.05, 4.69) is 4.98 Å². The van der Waals surface area contributed by atoms with E-state index in [-0.39, 0.29) is 25.6 Å². The highest BCUT2D eigenvalue weighted by atomic mass is 35.5. The molecule has 0 unspecified atom stereocenters. The van der Waals surface area contributed by atoms with Crippen LogP contribution in [0.4, 0.5) is 0 Å². The van der Waals surface area contributed by atoms with Crippen molar-refractivity contribution < 1.29 is 19.0 Å². The number of rotatable bonds is 4. The van der Waals surface area contributed by atoms with Crippen LogP contribution in [-0.2, 0) is 19.0 Å². The SMILES string of the molecule is Cc1cn([C@H]2CO[C@@H](COC(=O)[C@H](C)N)O2)c(=O)[nH]c1=O.Cl. The highest BCUT2D eigenvalue weighted by molar-refractivity contribution is 5.85. The fourth-order valence-corrected chi connectivity index (χ4v) is 1.76. The Morgan fingerprint density at radius 1 is 1.59 bits per heavy atom. The third-order valence-corrected chi connectivity index (χ3v) is 2.92. The van der Waals surface area contributed by atoms with Crippen molar-refractivity contribution in [1.82, 2.24) is 9.55 Å². The summed E-state index contributed by atoms with van der Waals surface area (Å²) in [5.41, 5.74) is 4.70. The molecular formula is C12H18ClN3O6. The van der Waals surface area contributed by atoms with Crippen LogP contribution in [0.1, 0.15) is 18.7 Å². The first kappa shape index (κ1) is 18.4. The molecule has 9 nitrogen and oxygen atoms in total. The summed E-state index contributed by atoms with van der Waals surface area (Å²) in [5, 5.41) is 0. The largest absolute Gasteiger partial charge is 0.459 e. The molecule has 10 heteroatoms. The summed E-state index contributed by atoms with van der Waals surface area (Å²) in [6.07, 6.45) is -0.0742. The number of H-pyrrole nitrogens is 1. The summed E-state index contributed by atoms with van der Waals surface area (Å²) in [6.45, 7) is 3.07. The van der Waals surface area contributed by atoms with E-state index >= 15 is 0 Å². The molecule has 1 aromatic rings. The van der Waals surface area contributed by atoms with E-state index in [0.29, 0.717) is 5.56 Å². The van der Waals surface area contributed by atoms with Crippen molar-refractivity contribution in [2.45, 2.75) is 32.4 Å². The standard InChI is InChI=1S/C12H17N3O6.ClH/c1-6-3-15(12(18)14-10(6)16)8-4-19-9(21-8)5-20-11(17)7(2)13;/h3,7-9H,4-5,13H2,1-2H3,(H,14,16,18);1H/t7-,8+,9+;/m0./s1. The van der Waals surface area contributed by atoms with E-state index in [1.807, 2.05) is 0 Å². The van der Waals surface area contributed by atoms with E-state index in [9.17, 15) is 14.4 Å². The van der Waals surface area contributed by atoms with E-state index in [0.717, 1.165) is 0 Å². The van der Waals surface area contributed by atoms with Gasteiger partial charge in [0.15, 0.2) is 12.5 Å². The van der Waals surface area contributed by atoms with Gasteiger partial charge in [0.05, 0.1) is 6.61 Å². The number of aryl methyl sites for hydroxylation is 1. The first-order valence-corrected chi connectivity index (χ1v) is 6.40. The van der Waals surface area contributed by atoms with Gasteiger partial charge in [-0.1, -0.05) is 0 Å². The molecule has 0 amide bonds. The lowest BCUT2D eigenvalue weighted by Gasteiger charge is -2.14. The Balaban J connectivity index is 0.00000242. The van der Waals surface area contributed by atoms with Gasteiger partial charge in [-0.15, -0.1) is 12.4 Å². The number of aromatic nitrogens is 2. The maximum absolute atomic E-state index is 11.7. The number of halogens is 1. The first-order chi connectivity index (χ1) is 9.88. The van der Waals surface area contributed by atoms with Crippen LogP contribution >= 0.6 is 12.4 Å². The molecule has 2 heterocycles. The van der Waals surface area contributed by atoms with Crippen LogP contribution in [0.5, 0.6) is 0 Å². The number of nitrogens with one attached hydrogen (secondary N) is 1. The van der Waals surface area contributed by atoms with Crippen molar-refractivity contribution in [3.8, 4) is 0 Å². The number of nitrogens with zero attached hydrogens (tertiary/aromatic N) is 1. The summed E-state index contributed by atoms with van der Waals surface area (Å²) in [5.74, 6) is -0.567. The second-order valence-corrected chi connectivity index (χ2v) is 4.75. The van der Waals surface area contributed by atoms with Gasteiger partial charge in [0, 0.05) is 11.8 Å². The summed E-state index contributed by atoms with van der Waals surface area (Å²) >= 11 is 0. The Kier molecular flexibility index (Phi) is 6.30. The van der Waals surface area contributed by atoms with Crippen LogP contribution in [0.3, 0.4) is 0 Å². The number of hydrogen-bond donors (Lipinski definition) is 2. The Morgan fingerprint density at radius 2 is 2.27 bits per heavy atom. The lowest BCUT2D eigenvalue weighted by molar-refractivity contribution is -0.160. The van der Waals surface area contributed by atoms with E-state index in [1.54, 1.807) is 6.92 Å². The third-order valence-electron chi connectivity index (χ3n) is 2.92. The number of nitrogens with two attached hydrogens (primary N) is 1. The lowest BCUT2D eigenvalue weighted by atomic mass is 10.4. The number of esters is 1. The minimum atomic E-state index is -0.781. The number of aromatic amines is 1. The van der Waals surface area contributed by atoms with Gasteiger partial charge in [0.2, 0.25) is 0 Å². The van der Waals surface area contributed by atoms with Gasteiger partial charge in [-0.05, 0) is 13.8 Å². The van der Waals surface area contributed by atoms with Gasteiger partial charge in [0.25, 0.3) is 5.56 Å². The molecule has 1 aromatic heterocycles. The van der Waals surface area contributed by atoms with Crippen LogP contribution in [0.2, 0.25) is 0 Å². The van der Waals surface area contributed by atoms with E-state index in [4.69, 9.17) is 19.9 Å². The van der Waals surface area contributed by atoms with Gasteiger partial charge in [0.1, 0.15) is 12.6 Å². The maximum atomic E-state index is 11.7. The van der Waals surface area contributed by atoms with Crippen molar-refractivity contribution in [2.75, 3.05) is 13.2 Å². The van der Waals surface area contributed by atoms with Crippen LogP contribution in [-0.4, -0.2) is 41.1 Å². The molecule has 1 aliphatic rings. The second-order valence-electron chi connectivity index (χ2n) is 4.75. The lowest BCUT2D eigenvalue weighted by Crippen LogP contribution is -2.34. The predicted octanol–water partition coefficient (Wildman–Crippen LogP) is -0.971. The third kappa shape index (κ3) is 4.17. The van der Waals surface area contributed by atoms with Crippen molar-refractivity contribution in [3.05, 3.63) is 32.6 Å². The molecule has 0 spiro atoms. The first-order valence-electron chi connectivity index (χ1n) is 6.40. The number of carbonyl (C=O) groups is 1. The molecule has 1 saturated heterocycles. The fourth-order valence-electron chi connectivity index (χ4n) is 1.76. The summed E-state index contributed by atoms with van der Waals surface area (Å²) in [6, 6.07) is -0.730. The fraction of sp³-hybridized carbons (Fsp3) is 0.583. The Hall–Kier alpha value is -1.68. The van der Waals surface area contributed by atoms with Crippen LogP contribution < -0.4 is 17.0 Å². The molecule has 124 valence electrons. The Bertz CT molecular complexity index is 640. The molecule has 3 atom stereocenters. The molecule has 1 aliphatic heterocycles. The minimum Gasteiger partial charge on any atom is -0.459 e. The predicted molar refractivity (Wildman–Crippen MR) is 77.8 cm³/mol.